The van der Waals surface area contributed by atoms with E-state index < -0.39 is 0 Å². The average molecular weight is 225 g/mol. The van der Waals surface area contributed by atoms with Crippen molar-refractivity contribution in [2.75, 3.05) is 0 Å². The van der Waals surface area contributed by atoms with Crippen molar-refractivity contribution in [2.45, 2.75) is 70.6 Å². The van der Waals surface area contributed by atoms with Crippen molar-refractivity contribution in [3.8, 4) is 0 Å². The van der Waals surface area contributed by atoms with Crippen LogP contribution in [0.5, 0.6) is 0 Å². The molecule has 94 valence electrons. The number of unbranched alkanes of at least 4 members (excludes halogenated alkanes) is 9. The van der Waals surface area contributed by atoms with Crippen LogP contribution in [0.2, 0.25) is 0 Å². The van der Waals surface area contributed by atoms with Crippen LogP contribution in [0, 0.1) is 0 Å². The highest BCUT2D eigenvalue weighted by Gasteiger charge is 1.95. The van der Waals surface area contributed by atoms with E-state index in [1.165, 1.54) is 44.9 Å². The van der Waals surface area contributed by atoms with Crippen LogP contribution >= 0.6 is 0 Å². The van der Waals surface area contributed by atoms with E-state index >= 15 is 0 Å². The van der Waals surface area contributed by atoms with Crippen molar-refractivity contribution in [1.82, 2.24) is 0 Å². The summed E-state index contributed by atoms with van der Waals surface area (Å²) >= 11 is 0. The van der Waals surface area contributed by atoms with Gasteiger partial charge in [0, 0.05) is 6.42 Å². The molecule has 1 amide bonds. The maximum atomic E-state index is 10.5. The average Bonchev–Trinajstić information content (AvgIpc) is 2.25. The van der Waals surface area contributed by atoms with Crippen LogP contribution in [0.3, 0.4) is 0 Å². The molecule has 0 rings (SSSR count). The maximum absolute atomic E-state index is 10.5. The van der Waals surface area contributed by atoms with Crippen molar-refractivity contribution in [1.29, 1.82) is 0 Å². The molecule has 2 heteroatoms. The minimum absolute atomic E-state index is 0.165. The van der Waals surface area contributed by atoms with E-state index in [1.807, 2.05) is 6.08 Å². The summed E-state index contributed by atoms with van der Waals surface area (Å²) in [5.41, 5.74) is 5.07. The second-order valence-corrected chi connectivity index (χ2v) is 4.48. The van der Waals surface area contributed by atoms with Crippen LogP contribution in [-0.4, -0.2) is 5.91 Å². The number of rotatable bonds is 12. The first kappa shape index (κ1) is 15.2. The molecule has 0 unspecified atom stereocenters. The maximum Gasteiger partial charge on any atom is 0.217 e. The van der Waals surface area contributed by atoms with Crippen molar-refractivity contribution < 1.29 is 4.79 Å². The van der Waals surface area contributed by atoms with Crippen molar-refractivity contribution in [2.24, 2.45) is 5.73 Å². The van der Waals surface area contributed by atoms with Crippen LogP contribution < -0.4 is 5.73 Å². The van der Waals surface area contributed by atoms with Gasteiger partial charge < -0.3 is 5.73 Å². The second-order valence-electron chi connectivity index (χ2n) is 4.48. The number of hydrogen-bond donors (Lipinski definition) is 1. The number of carbonyl (C=O) groups excluding carboxylic acids is 1. The molecule has 2 N–H and O–H groups in total. The van der Waals surface area contributed by atoms with E-state index in [0.29, 0.717) is 6.42 Å². The highest BCUT2D eigenvalue weighted by Crippen LogP contribution is 2.11. The van der Waals surface area contributed by atoms with E-state index in [4.69, 9.17) is 5.73 Å². The van der Waals surface area contributed by atoms with Gasteiger partial charge in [-0.3, -0.25) is 4.79 Å². The predicted octanol–water partition coefficient (Wildman–Crippen LogP) is 3.95. The third-order valence-electron chi connectivity index (χ3n) is 2.83. The van der Waals surface area contributed by atoms with Crippen LogP contribution in [0.1, 0.15) is 70.6 Å². The number of hydrogen-bond acceptors (Lipinski definition) is 1. The van der Waals surface area contributed by atoms with Gasteiger partial charge in [0.15, 0.2) is 0 Å². The highest BCUT2D eigenvalue weighted by atomic mass is 16.1. The Labute approximate surface area is 100 Å². The van der Waals surface area contributed by atoms with Gasteiger partial charge in [0.05, 0.1) is 0 Å². The lowest BCUT2D eigenvalue weighted by Crippen LogP contribution is -2.09. The summed E-state index contributed by atoms with van der Waals surface area (Å²) in [6, 6.07) is 0. The minimum atomic E-state index is -0.165. The highest BCUT2D eigenvalue weighted by molar-refractivity contribution is 5.73. The SMILES string of the molecule is C=CCCCCCCCCCCCC(N)=O. The number of allylic oxidation sites excluding steroid dienone is 1. The van der Waals surface area contributed by atoms with E-state index in [9.17, 15) is 4.79 Å². The van der Waals surface area contributed by atoms with Crippen LogP contribution in [0.15, 0.2) is 12.7 Å². The second kappa shape index (κ2) is 12.3. The Morgan fingerprint density at radius 2 is 1.31 bits per heavy atom. The Kier molecular flexibility index (Phi) is 11.7. The summed E-state index contributed by atoms with van der Waals surface area (Å²) in [5, 5.41) is 0. The molecule has 0 atom stereocenters. The molecule has 0 aromatic heterocycles. The smallest absolute Gasteiger partial charge is 0.217 e. The molecule has 0 bridgehead atoms. The molecule has 0 aliphatic rings. The normalized spacial score (nSPS) is 10.2. The minimum Gasteiger partial charge on any atom is -0.370 e. The fourth-order valence-corrected chi connectivity index (χ4v) is 1.83. The lowest BCUT2D eigenvalue weighted by Gasteiger charge is -2.01. The third kappa shape index (κ3) is 13.2. The molecule has 0 saturated carbocycles. The number of primary amides is 1. The molecule has 0 aliphatic heterocycles. The van der Waals surface area contributed by atoms with Gasteiger partial charge in [0.25, 0.3) is 0 Å². The van der Waals surface area contributed by atoms with E-state index in [2.05, 4.69) is 6.58 Å². The van der Waals surface area contributed by atoms with Gasteiger partial charge in [-0.2, -0.15) is 0 Å². The first-order valence-corrected chi connectivity index (χ1v) is 6.66. The Balaban J connectivity index is 2.93. The number of nitrogens with two attached hydrogens (primary N) is 1. The summed E-state index contributed by atoms with van der Waals surface area (Å²) in [7, 11) is 0. The van der Waals surface area contributed by atoms with Gasteiger partial charge in [-0.1, -0.05) is 51.0 Å². The summed E-state index contributed by atoms with van der Waals surface area (Å²) in [5.74, 6) is -0.165. The number of amides is 1. The fourth-order valence-electron chi connectivity index (χ4n) is 1.83. The molecule has 0 heterocycles. The quantitative estimate of drug-likeness (QED) is 0.396. The molecule has 0 fully saturated rings. The standard InChI is InChI=1S/C14H27NO/c1-2-3-4-5-6-7-8-9-10-11-12-13-14(15)16/h2H,1,3-13H2,(H2,15,16). The third-order valence-corrected chi connectivity index (χ3v) is 2.83. The van der Waals surface area contributed by atoms with Crippen LogP contribution in [0.25, 0.3) is 0 Å². The van der Waals surface area contributed by atoms with Gasteiger partial charge in [-0.05, 0) is 19.3 Å². The molecule has 0 spiro atoms. The fraction of sp³-hybridized carbons (Fsp3) is 0.786. The Bertz CT molecular complexity index is 178. The largest absolute Gasteiger partial charge is 0.370 e. The molecular formula is C14H27NO. The lowest BCUT2D eigenvalue weighted by molar-refractivity contribution is -0.118. The van der Waals surface area contributed by atoms with Gasteiger partial charge in [-0.25, -0.2) is 0 Å². The molecule has 0 saturated heterocycles. The van der Waals surface area contributed by atoms with Gasteiger partial charge in [0.1, 0.15) is 0 Å². The Morgan fingerprint density at radius 1 is 0.875 bits per heavy atom. The number of carbonyl (C=O) groups is 1. The van der Waals surface area contributed by atoms with E-state index in [1.54, 1.807) is 0 Å². The molecule has 0 aliphatic carbocycles. The molecule has 16 heavy (non-hydrogen) atoms. The molecule has 2 nitrogen and oxygen atoms in total. The molecule has 0 radical (unpaired) electrons. The van der Waals surface area contributed by atoms with Crippen molar-refractivity contribution in [3.63, 3.8) is 0 Å². The zero-order valence-electron chi connectivity index (χ0n) is 10.5. The summed E-state index contributed by atoms with van der Waals surface area (Å²) in [6.45, 7) is 3.72. The zero-order chi connectivity index (χ0) is 12.1. The topological polar surface area (TPSA) is 43.1 Å². The van der Waals surface area contributed by atoms with Crippen molar-refractivity contribution in [3.05, 3.63) is 12.7 Å². The summed E-state index contributed by atoms with van der Waals surface area (Å²) < 4.78 is 0. The monoisotopic (exact) mass is 225 g/mol. The van der Waals surface area contributed by atoms with E-state index in [0.717, 1.165) is 19.3 Å². The zero-order valence-corrected chi connectivity index (χ0v) is 10.5. The summed E-state index contributed by atoms with van der Waals surface area (Å²) in [6.07, 6.45) is 15.1. The van der Waals surface area contributed by atoms with E-state index in [-0.39, 0.29) is 5.91 Å². The molecular weight excluding hydrogens is 198 g/mol. The first-order valence-electron chi connectivity index (χ1n) is 6.66. The Morgan fingerprint density at radius 3 is 1.75 bits per heavy atom. The molecule has 0 aromatic rings. The van der Waals surface area contributed by atoms with Gasteiger partial charge >= 0.3 is 0 Å². The summed E-state index contributed by atoms with van der Waals surface area (Å²) in [4.78, 5) is 10.5. The van der Waals surface area contributed by atoms with Gasteiger partial charge in [0.2, 0.25) is 5.91 Å². The molecule has 0 aromatic carbocycles. The predicted molar refractivity (Wildman–Crippen MR) is 70.2 cm³/mol. The van der Waals surface area contributed by atoms with Crippen LogP contribution in [-0.2, 0) is 4.79 Å². The van der Waals surface area contributed by atoms with Crippen LogP contribution in [0.4, 0.5) is 0 Å². The lowest BCUT2D eigenvalue weighted by atomic mass is 10.1. The first-order chi connectivity index (χ1) is 7.77. The van der Waals surface area contributed by atoms with Gasteiger partial charge in [-0.15, -0.1) is 6.58 Å². The van der Waals surface area contributed by atoms with Crippen molar-refractivity contribution >= 4 is 5.91 Å². The Hall–Kier alpha value is -0.790.